The molecule has 0 bridgehead atoms. The first-order valence-electron chi connectivity index (χ1n) is 8.06. The summed E-state index contributed by atoms with van der Waals surface area (Å²) in [6.07, 6.45) is -0.202. The molecule has 1 heterocycles. The van der Waals surface area contributed by atoms with E-state index in [-0.39, 0.29) is 12.1 Å². The van der Waals surface area contributed by atoms with E-state index >= 15 is 0 Å². The molecule has 2 rings (SSSR count). The third-order valence-corrected chi connectivity index (χ3v) is 4.12. The van der Waals surface area contributed by atoms with Crippen molar-refractivity contribution in [2.45, 2.75) is 52.3 Å². The van der Waals surface area contributed by atoms with Crippen molar-refractivity contribution in [1.29, 1.82) is 0 Å². The van der Waals surface area contributed by atoms with Crippen LogP contribution in [0.4, 0.5) is 4.79 Å². The van der Waals surface area contributed by atoms with Gasteiger partial charge in [0, 0.05) is 31.7 Å². The van der Waals surface area contributed by atoms with Crippen molar-refractivity contribution >= 4 is 6.09 Å². The highest BCUT2D eigenvalue weighted by molar-refractivity contribution is 5.68. The first-order chi connectivity index (χ1) is 10.3. The van der Waals surface area contributed by atoms with Crippen LogP contribution in [0.15, 0.2) is 30.3 Å². The lowest BCUT2D eigenvalue weighted by atomic mass is 10.0. The van der Waals surface area contributed by atoms with Crippen LogP contribution >= 0.6 is 0 Å². The van der Waals surface area contributed by atoms with E-state index < -0.39 is 5.60 Å². The van der Waals surface area contributed by atoms with Crippen molar-refractivity contribution in [3.8, 4) is 0 Å². The van der Waals surface area contributed by atoms with Gasteiger partial charge in [0.25, 0.3) is 0 Å². The summed E-state index contributed by atoms with van der Waals surface area (Å²) < 4.78 is 5.50. The van der Waals surface area contributed by atoms with Crippen LogP contribution in [-0.4, -0.2) is 47.2 Å². The molecular weight excluding hydrogens is 276 g/mol. The number of carbonyl (C=O) groups is 1. The third-order valence-electron chi connectivity index (χ3n) is 4.12. The summed E-state index contributed by atoms with van der Waals surface area (Å²) in [6.45, 7) is 12.5. The maximum absolute atomic E-state index is 12.3. The summed E-state index contributed by atoms with van der Waals surface area (Å²) in [5, 5.41) is 0. The Morgan fingerprint density at radius 1 is 1.23 bits per heavy atom. The number of nitrogens with zero attached hydrogens (tertiary/aromatic N) is 2. The average molecular weight is 304 g/mol. The number of ether oxygens (including phenoxy) is 1. The van der Waals surface area contributed by atoms with Gasteiger partial charge < -0.3 is 9.64 Å². The molecule has 0 saturated carbocycles. The van der Waals surface area contributed by atoms with Gasteiger partial charge in [-0.15, -0.1) is 0 Å². The Labute approximate surface area is 134 Å². The smallest absolute Gasteiger partial charge is 0.410 e. The zero-order valence-electron chi connectivity index (χ0n) is 14.4. The maximum atomic E-state index is 12.3. The van der Waals surface area contributed by atoms with Gasteiger partial charge in [-0.1, -0.05) is 30.3 Å². The Kier molecular flexibility index (Phi) is 5.12. The van der Waals surface area contributed by atoms with Gasteiger partial charge in [-0.05, 0) is 40.2 Å². The standard InChI is InChI=1S/C18H28N2O2/c1-14-13-19(15(2)16-9-7-6-8-10-16)11-12-20(14)17(21)22-18(3,4)5/h6-10,14-15H,11-13H2,1-5H3/t14-,15+/m0/s1. The van der Waals surface area contributed by atoms with Crippen LogP contribution in [-0.2, 0) is 4.74 Å². The van der Waals surface area contributed by atoms with Gasteiger partial charge in [-0.25, -0.2) is 4.79 Å². The van der Waals surface area contributed by atoms with Crippen LogP contribution in [0.5, 0.6) is 0 Å². The van der Waals surface area contributed by atoms with Crippen molar-refractivity contribution in [2.24, 2.45) is 0 Å². The Morgan fingerprint density at radius 2 is 1.86 bits per heavy atom. The highest BCUT2D eigenvalue weighted by atomic mass is 16.6. The predicted octanol–water partition coefficient (Wildman–Crippen LogP) is 3.69. The van der Waals surface area contributed by atoms with Crippen LogP contribution < -0.4 is 0 Å². The zero-order chi connectivity index (χ0) is 16.3. The van der Waals surface area contributed by atoms with Crippen molar-refractivity contribution < 1.29 is 9.53 Å². The monoisotopic (exact) mass is 304 g/mol. The first-order valence-corrected chi connectivity index (χ1v) is 8.06. The molecule has 1 amide bonds. The van der Waals surface area contributed by atoms with E-state index in [9.17, 15) is 4.79 Å². The van der Waals surface area contributed by atoms with E-state index in [1.165, 1.54) is 5.56 Å². The topological polar surface area (TPSA) is 32.8 Å². The molecule has 4 heteroatoms. The van der Waals surface area contributed by atoms with E-state index in [1.807, 2.05) is 31.7 Å². The lowest BCUT2D eigenvalue weighted by Gasteiger charge is -2.42. The number of hydrogen-bond donors (Lipinski definition) is 0. The van der Waals surface area contributed by atoms with Crippen molar-refractivity contribution in [3.63, 3.8) is 0 Å². The van der Waals surface area contributed by atoms with Gasteiger partial charge in [0.05, 0.1) is 0 Å². The van der Waals surface area contributed by atoms with Gasteiger partial charge >= 0.3 is 6.09 Å². The van der Waals surface area contributed by atoms with Gasteiger partial charge in [-0.2, -0.15) is 0 Å². The fraction of sp³-hybridized carbons (Fsp3) is 0.611. The van der Waals surface area contributed by atoms with E-state index in [2.05, 4.69) is 43.0 Å². The van der Waals surface area contributed by atoms with Crippen LogP contribution in [0.25, 0.3) is 0 Å². The zero-order valence-corrected chi connectivity index (χ0v) is 14.4. The number of carbonyl (C=O) groups excluding carboxylic acids is 1. The van der Waals surface area contributed by atoms with E-state index in [1.54, 1.807) is 0 Å². The molecule has 0 unspecified atom stereocenters. The number of rotatable bonds is 2. The minimum Gasteiger partial charge on any atom is -0.444 e. The predicted molar refractivity (Wildman–Crippen MR) is 88.8 cm³/mol. The van der Waals surface area contributed by atoms with Crippen molar-refractivity contribution in [2.75, 3.05) is 19.6 Å². The van der Waals surface area contributed by atoms with Crippen LogP contribution in [0.3, 0.4) is 0 Å². The molecule has 0 aliphatic carbocycles. The SMILES string of the molecule is C[C@H](c1ccccc1)N1CCN(C(=O)OC(C)(C)C)[C@@H](C)C1. The summed E-state index contributed by atoms with van der Waals surface area (Å²) in [4.78, 5) is 16.5. The minimum atomic E-state index is -0.439. The number of piperazine rings is 1. The second kappa shape index (κ2) is 6.69. The molecule has 1 fully saturated rings. The molecule has 0 aromatic heterocycles. The molecule has 1 aliphatic heterocycles. The maximum Gasteiger partial charge on any atom is 0.410 e. The van der Waals surface area contributed by atoms with E-state index in [0.29, 0.717) is 12.6 Å². The number of benzene rings is 1. The van der Waals surface area contributed by atoms with Crippen LogP contribution in [0.1, 0.15) is 46.2 Å². The lowest BCUT2D eigenvalue weighted by molar-refractivity contribution is -0.00348. The van der Waals surface area contributed by atoms with Crippen molar-refractivity contribution in [3.05, 3.63) is 35.9 Å². The van der Waals surface area contributed by atoms with Gasteiger partial charge in [-0.3, -0.25) is 4.90 Å². The van der Waals surface area contributed by atoms with Gasteiger partial charge in [0.1, 0.15) is 5.60 Å². The van der Waals surface area contributed by atoms with Crippen molar-refractivity contribution in [1.82, 2.24) is 9.80 Å². The molecule has 22 heavy (non-hydrogen) atoms. The molecule has 0 spiro atoms. The summed E-state index contributed by atoms with van der Waals surface area (Å²) in [5.41, 5.74) is 0.881. The molecule has 4 nitrogen and oxygen atoms in total. The Bertz CT molecular complexity index is 496. The average Bonchev–Trinajstić information content (AvgIpc) is 2.45. The van der Waals surface area contributed by atoms with Crippen LogP contribution in [0.2, 0.25) is 0 Å². The molecule has 1 saturated heterocycles. The molecule has 1 aromatic carbocycles. The van der Waals surface area contributed by atoms with Crippen LogP contribution in [0, 0.1) is 0 Å². The second-order valence-corrected chi connectivity index (χ2v) is 7.10. The summed E-state index contributed by atoms with van der Waals surface area (Å²) in [7, 11) is 0. The Hall–Kier alpha value is -1.55. The highest BCUT2D eigenvalue weighted by Crippen LogP contribution is 2.24. The van der Waals surface area contributed by atoms with E-state index in [0.717, 1.165) is 13.1 Å². The largest absolute Gasteiger partial charge is 0.444 e. The Morgan fingerprint density at radius 3 is 2.41 bits per heavy atom. The minimum absolute atomic E-state index is 0.162. The van der Waals surface area contributed by atoms with Gasteiger partial charge in [0.15, 0.2) is 0 Å². The quantitative estimate of drug-likeness (QED) is 0.835. The highest BCUT2D eigenvalue weighted by Gasteiger charge is 2.32. The number of hydrogen-bond acceptors (Lipinski definition) is 3. The van der Waals surface area contributed by atoms with E-state index in [4.69, 9.17) is 4.74 Å². The molecule has 122 valence electrons. The summed E-state index contributed by atoms with van der Waals surface area (Å²) >= 11 is 0. The summed E-state index contributed by atoms with van der Waals surface area (Å²) in [5.74, 6) is 0. The second-order valence-electron chi connectivity index (χ2n) is 7.10. The molecule has 0 radical (unpaired) electrons. The lowest BCUT2D eigenvalue weighted by Crippen LogP contribution is -2.55. The fourth-order valence-corrected chi connectivity index (χ4v) is 2.87. The normalized spacial score (nSPS) is 21.5. The molecule has 1 aromatic rings. The molecule has 0 N–H and O–H groups in total. The first kappa shape index (κ1) is 16.8. The molecule has 1 aliphatic rings. The molecule has 2 atom stereocenters. The molecular formula is C18H28N2O2. The Balaban J connectivity index is 1.96. The number of amides is 1. The third kappa shape index (κ3) is 4.23. The van der Waals surface area contributed by atoms with Gasteiger partial charge in [0.2, 0.25) is 0 Å². The fourth-order valence-electron chi connectivity index (χ4n) is 2.87. The summed E-state index contributed by atoms with van der Waals surface area (Å²) in [6, 6.07) is 11.0.